The maximum Gasteiger partial charge on any atom is 1.00 e. The Kier molecular flexibility index (Phi) is 24.3. The number of carboxylic acid groups (broad SMARTS) is 4. The van der Waals surface area contributed by atoms with Crippen LogP contribution < -0.4 is 226 Å². The molecule has 1 aliphatic rings. The Balaban J connectivity index is -0.000000361. The smallest absolute Gasteiger partial charge is 0.550 e. The summed E-state index contributed by atoms with van der Waals surface area (Å²) >= 11 is 0. The summed E-state index contributed by atoms with van der Waals surface area (Å²) in [7, 11) is 0. The first-order valence-electron chi connectivity index (χ1n) is 4.26. The summed E-state index contributed by atoms with van der Waals surface area (Å²) in [5, 5.41) is 42.2. The van der Waals surface area contributed by atoms with Crippen LogP contribution in [0.4, 0.5) is 0 Å². The molecule has 1 aliphatic heterocycles. The van der Waals surface area contributed by atoms with E-state index in [1.807, 2.05) is 0 Å². The number of aliphatic carboxylic acids is 4. The van der Waals surface area contributed by atoms with Gasteiger partial charge in [0.2, 0.25) is 0 Å². The number of hydrogen-bond donors (Lipinski definition) is 0. The van der Waals surface area contributed by atoms with Crippen molar-refractivity contribution in [2.45, 2.75) is 12.2 Å². The van der Waals surface area contributed by atoms with Crippen molar-refractivity contribution in [2.24, 2.45) is 11.8 Å². The number of ether oxygens (including phenoxy) is 1. The molecule has 0 aliphatic carbocycles. The normalized spacial score (nSPS) is 25.9. The number of carboxylic acids is 4. The fourth-order valence-electron chi connectivity index (χ4n) is 1.65. The third-order valence-electron chi connectivity index (χ3n) is 2.34. The zero-order valence-corrected chi connectivity index (χ0v) is 24.5. The van der Waals surface area contributed by atoms with Crippen LogP contribution in [0.5, 0.6) is 0 Å². The first-order valence-corrected chi connectivity index (χ1v) is 4.26. The van der Waals surface area contributed by atoms with Gasteiger partial charge in [-0.05, 0) is 0 Å². The van der Waals surface area contributed by atoms with Gasteiger partial charge in [0.25, 0.3) is 0 Å². The van der Waals surface area contributed by atoms with Gasteiger partial charge in [-0.2, -0.15) is 0 Å². The van der Waals surface area contributed by atoms with Crippen LogP contribution in [0.3, 0.4) is 0 Å². The zero-order valence-electron chi connectivity index (χ0n) is 12.0. The standard InChI is InChI=1S/C8H8O9.4K/c9-5(10)1-2(6(11)12)4(8(15)16)17-3(1)7(13)14;;;;/h1-4H,(H,9,10)(H,11,12)(H,13,14)(H,15,16);;;;/q;4*+1/p-4. The van der Waals surface area contributed by atoms with E-state index in [0.29, 0.717) is 0 Å². The Morgan fingerprint density at radius 2 is 0.810 bits per heavy atom. The molecule has 1 fully saturated rings. The molecule has 0 aromatic heterocycles. The molecular formula is C8H4K4O9. The average Bonchev–Trinajstić information content (AvgIpc) is 2.56. The Bertz CT molecular complexity index is 365. The molecule has 4 atom stereocenters. The average molecular weight is 401 g/mol. The molecule has 1 heterocycles. The summed E-state index contributed by atoms with van der Waals surface area (Å²) in [5.41, 5.74) is 0. The van der Waals surface area contributed by atoms with E-state index in [4.69, 9.17) is 0 Å². The molecule has 0 N–H and O–H groups in total. The van der Waals surface area contributed by atoms with Gasteiger partial charge in [0.15, 0.2) is 0 Å². The molecule has 0 bridgehead atoms. The van der Waals surface area contributed by atoms with Crippen molar-refractivity contribution in [2.75, 3.05) is 0 Å². The molecule has 0 aromatic carbocycles. The monoisotopic (exact) mass is 400 g/mol. The van der Waals surface area contributed by atoms with E-state index < -0.39 is 47.9 Å². The first-order chi connectivity index (χ1) is 7.77. The van der Waals surface area contributed by atoms with Gasteiger partial charge in [0, 0.05) is 23.8 Å². The van der Waals surface area contributed by atoms with E-state index in [9.17, 15) is 39.6 Å². The molecule has 4 unspecified atom stereocenters. The molecule has 94 valence electrons. The minimum absolute atomic E-state index is 0. The van der Waals surface area contributed by atoms with Crippen molar-refractivity contribution in [1.29, 1.82) is 0 Å². The summed E-state index contributed by atoms with van der Waals surface area (Å²) < 4.78 is 4.27. The quantitative estimate of drug-likeness (QED) is 0.416. The maximum absolute atomic E-state index is 10.6. The summed E-state index contributed by atoms with van der Waals surface area (Å²) in [6.07, 6.45) is -4.49. The number of carbonyl (C=O) groups excluding carboxylic acids is 4. The maximum atomic E-state index is 10.6. The molecule has 9 nitrogen and oxygen atoms in total. The second-order valence-electron chi connectivity index (χ2n) is 3.30. The van der Waals surface area contributed by atoms with E-state index in [-0.39, 0.29) is 206 Å². The van der Waals surface area contributed by atoms with E-state index in [2.05, 4.69) is 4.74 Å². The van der Waals surface area contributed by atoms with Crippen LogP contribution in [-0.4, -0.2) is 36.1 Å². The Labute approximate surface area is 289 Å². The Morgan fingerprint density at radius 1 is 0.571 bits per heavy atom. The third-order valence-corrected chi connectivity index (χ3v) is 2.34. The Hall–Kier alpha value is 4.39. The van der Waals surface area contributed by atoms with E-state index in [0.717, 1.165) is 0 Å². The van der Waals surface area contributed by atoms with Gasteiger partial charge >= 0.3 is 206 Å². The molecule has 0 saturated carbocycles. The number of carbonyl (C=O) groups is 4. The summed E-state index contributed by atoms with van der Waals surface area (Å²) in [4.78, 5) is 42.2. The van der Waals surface area contributed by atoms with E-state index >= 15 is 0 Å². The molecule has 21 heavy (non-hydrogen) atoms. The van der Waals surface area contributed by atoms with Gasteiger partial charge in [-0.3, -0.25) is 0 Å². The fraction of sp³-hybridized carbons (Fsp3) is 0.500. The number of rotatable bonds is 4. The van der Waals surface area contributed by atoms with Crippen molar-refractivity contribution >= 4 is 23.9 Å². The first kappa shape index (κ1) is 33.0. The van der Waals surface area contributed by atoms with Crippen LogP contribution >= 0.6 is 0 Å². The second-order valence-corrected chi connectivity index (χ2v) is 3.30. The van der Waals surface area contributed by atoms with Crippen molar-refractivity contribution in [3.8, 4) is 0 Å². The molecular weight excluding hydrogens is 396 g/mol. The Morgan fingerprint density at radius 3 is 0.952 bits per heavy atom. The van der Waals surface area contributed by atoms with Crippen LogP contribution in [0.1, 0.15) is 0 Å². The SMILES string of the molecule is O=C([O-])C1OC(C(=O)[O-])C(C(=O)[O-])C1C(=O)[O-].[K+].[K+].[K+].[K+]. The van der Waals surface area contributed by atoms with E-state index in [1.54, 1.807) is 0 Å². The third kappa shape index (κ3) is 9.23. The zero-order chi connectivity index (χ0) is 13.3. The van der Waals surface area contributed by atoms with Crippen LogP contribution in [0.15, 0.2) is 0 Å². The summed E-state index contributed by atoms with van der Waals surface area (Å²) in [6.45, 7) is 0. The molecule has 1 rings (SSSR count). The van der Waals surface area contributed by atoms with Crippen molar-refractivity contribution < 1.29 is 250 Å². The topological polar surface area (TPSA) is 170 Å². The van der Waals surface area contributed by atoms with Crippen LogP contribution in [0, 0.1) is 11.8 Å². The fourth-order valence-corrected chi connectivity index (χ4v) is 1.65. The largest absolute Gasteiger partial charge is 1.00 e. The van der Waals surface area contributed by atoms with Crippen LogP contribution in [0.2, 0.25) is 0 Å². The predicted octanol–water partition coefficient (Wildman–Crippen LogP) is -19.0. The van der Waals surface area contributed by atoms with Crippen molar-refractivity contribution in [3.05, 3.63) is 0 Å². The predicted molar refractivity (Wildman–Crippen MR) is 35.7 cm³/mol. The van der Waals surface area contributed by atoms with Gasteiger partial charge in [-0.1, -0.05) is 0 Å². The van der Waals surface area contributed by atoms with Crippen molar-refractivity contribution in [3.63, 3.8) is 0 Å². The molecule has 13 heteroatoms. The van der Waals surface area contributed by atoms with Gasteiger partial charge < -0.3 is 44.3 Å². The minimum Gasteiger partial charge on any atom is -0.550 e. The van der Waals surface area contributed by atoms with Gasteiger partial charge in [0.1, 0.15) is 12.2 Å². The van der Waals surface area contributed by atoms with Gasteiger partial charge in [-0.15, -0.1) is 0 Å². The van der Waals surface area contributed by atoms with Crippen LogP contribution in [0.25, 0.3) is 0 Å². The minimum atomic E-state index is -2.24. The molecule has 0 radical (unpaired) electrons. The van der Waals surface area contributed by atoms with Gasteiger partial charge in [-0.25, -0.2) is 0 Å². The van der Waals surface area contributed by atoms with E-state index in [1.165, 1.54) is 0 Å². The van der Waals surface area contributed by atoms with Crippen LogP contribution in [-0.2, 0) is 23.9 Å². The molecule has 0 amide bonds. The van der Waals surface area contributed by atoms with Crippen molar-refractivity contribution in [1.82, 2.24) is 0 Å². The molecule has 1 saturated heterocycles. The molecule has 0 aromatic rings. The second kappa shape index (κ2) is 15.4. The van der Waals surface area contributed by atoms with Gasteiger partial charge in [0.05, 0.1) is 11.9 Å². The molecule has 0 spiro atoms. The number of hydrogen-bond acceptors (Lipinski definition) is 9. The summed E-state index contributed by atoms with van der Waals surface area (Å²) in [5.74, 6) is -12.7. The summed E-state index contributed by atoms with van der Waals surface area (Å²) in [6, 6.07) is 0.